The Bertz CT molecular complexity index is 188. The normalized spacial score (nSPS) is 11.5. The number of rotatable bonds is 2. The van der Waals surface area contributed by atoms with Crippen LogP contribution in [0, 0.1) is 11.3 Å². The van der Waals surface area contributed by atoms with Gasteiger partial charge in [0.2, 0.25) is 0 Å². The maximum Gasteiger partial charge on any atom is 0.199 e. The molecule has 0 radical (unpaired) electrons. The van der Waals surface area contributed by atoms with Crippen molar-refractivity contribution in [2.45, 2.75) is 0 Å². The molecule has 0 aliphatic carbocycles. The molecule has 0 aliphatic heterocycles. The quantitative estimate of drug-likeness (QED) is 0.330. The molecule has 0 aromatic rings. The van der Waals surface area contributed by atoms with Gasteiger partial charge in [0.15, 0.2) is 5.71 Å². The van der Waals surface area contributed by atoms with Gasteiger partial charge in [0, 0.05) is 14.1 Å². The summed E-state index contributed by atoms with van der Waals surface area (Å²) in [5, 5.41) is 24.1. The number of hydrogen-bond donors (Lipinski definition) is 1. The molecular weight excluding hydrogens is 132 g/mol. The molecule has 0 aromatic heterocycles. The maximum atomic E-state index is 8.19. The van der Waals surface area contributed by atoms with E-state index in [1.165, 1.54) is 11.2 Å². The lowest BCUT2D eigenvalue weighted by molar-refractivity contribution is 0.321. The number of hydrazone groups is 1. The fourth-order valence-electron chi connectivity index (χ4n) is 0.247. The van der Waals surface area contributed by atoms with E-state index in [9.17, 15) is 0 Å². The molecule has 0 heterocycles. The van der Waals surface area contributed by atoms with Crippen LogP contribution >= 0.6 is 0 Å². The van der Waals surface area contributed by atoms with Crippen molar-refractivity contribution in [3.63, 3.8) is 0 Å². The molecule has 5 nitrogen and oxygen atoms in total. The van der Waals surface area contributed by atoms with Crippen molar-refractivity contribution in [3.05, 3.63) is 0 Å². The molecule has 0 fully saturated rings. The van der Waals surface area contributed by atoms with E-state index in [0.29, 0.717) is 0 Å². The molecule has 0 aliphatic rings. The van der Waals surface area contributed by atoms with E-state index in [4.69, 9.17) is 10.5 Å². The van der Waals surface area contributed by atoms with Crippen molar-refractivity contribution in [2.24, 2.45) is 10.3 Å². The van der Waals surface area contributed by atoms with Gasteiger partial charge in [-0.05, 0) is 0 Å². The van der Waals surface area contributed by atoms with Crippen LogP contribution in [-0.4, -0.2) is 36.2 Å². The lowest BCUT2D eigenvalue weighted by Crippen LogP contribution is -2.05. The third-order valence-electron chi connectivity index (χ3n) is 0.633. The van der Waals surface area contributed by atoms with E-state index in [-0.39, 0.29) is 5.71 Å². The summed E-state index contributed by atoms with van der Waals surface area (Å²) in [4.78, 5) is 0. The molecule has 5 heteroatoms. The average molecular weight is 140 g/mol. The third-order valence-corrected chi connectivity index (χ3v) is 0.633. The zero-order valence-corrected chi connectivity index (χ0v) is 5.81. The van der Waals surface area contributed by atoms with Crippen LogP contribution in [-0.2, 0) is 0 Å². The standard InChI is InChI=1S/C5H8N4O/c1-9(2)7-4-5(3-6)8-10/h4,10H,1-2H3. The highest BCUT2D eigenvalue weighted by atomic mass is 16.4. The lowest BCUT2D eigenvalue weighted by atomic mass is 10.5. The van der Waals surface area contributed by atoms with Crippen molar-refractivity contribution in [3.8, 4) is 6.07 Å². The van der Waals surface area contributed by atoms with Gasteiger partial charge >= 0.3 is 0 Å². The zero-order chi connectivity index (χ0) is 7.98. The monoisotopic (exact) mass is 140 g/mol. The minimum absolute atomic E-state index is 0.117. The topological polar surface area (TPSA) is 72.0 Å². The number of hydrogen-bond acceptors (Lipinski definition) is 5. The molecule has 0 unspecified atom stereocenters. The van der Waals surface area contributed by atoms with Gasteiger partial charge in [-0.25, -0.2) is 0 Å². The first-order chi connectivity index (χ1) is 4.70. The van der Waals surface area contributed by atoms with Crippen LogP contribution in [0.3, 0.4) is 0 Å². The lowest BCUT2D eigenvalue weighted by Gasteiger charge is -1.99. The van der Waals surface area contributed by atoms with Crippen LogP contribution in [0.5, 0.6) is 0 Å². The van der Waals surface area contributed by atoms with Crippen molar-refractivity contribution in [1.29, 1.82) is 5.26 Å². The molecule has 54 valence electrons. The SMILES string of the molecule is CN(C)N=CC(C#N)=NO. The first-order valence-electron chi connectivity index (χ1n) is 2.54. The Kier molecular flexibility index (Phi) is 3.64. The zero-order valence-electron chi connectivity index (χ0n) is 5.81. The van der Waals surface area contributed by atoms with Gasteiger partial charge < -0.3 is 10.2 Å². The second kappa shape index (κ2) is 4.32. The maximum absolute atomic E-state index is 8.19. The van der Waals surface area contributed by atoms with Crippen LogP contribution in [0.25, 0.3) is 0 Å². The van der Waals surface area contributed by atoms with Crippen molar-refractivity contribution in [2.75, 3.05) is 14.1 Å². The molecule has 10 heavy (non-hydrogen) atoms. The minimum Gasteiger partial charge on any atom is -0.410 e. The summed E-state index contributed by atoms with van der Waals surface area (Å²) in [7, 11) is 3.39. The molecule has 0 amide bonds. The van der Waals surface area contributed by atoms with Gasteiger partial charge in [0.05, 0.1) is 6.21 Å². The van der Waals surface area contributed by atoms with E-state index < -0.39 is 0 Å². The predicted octanol–water partition coefficient (Wildman–Crippen LogP) is -0.112. The summed E-state index contributed by atoms with van der Waals surface area (Å²) in [5.41, 5.74) is -0.117. The van der Waals surface area contributed by atoms with Gasteiger partial charge in [-0.3, -0.25) is 0 Å². The highest BCUT2D eigenvalue weighted by Crippen LogP contribution is 1.74. The van der Waals surface area contributed by atoms with Crippen LogP contribution in [0.1, 0.15) is 0 Å². The van der Waals surface area contributed by atoms with Crippen LogP contribution in [0.4, 0.5) is 0 Å². The summed E-state index contributed by atoms with van der Waals surface area (Å²) >= 11 is 0. The Balaban J connectivity index is 4.02. The molecule has 0 atom stereocenters. The number of nitriles is 1. The third kappa shape index (κ3) is 3.43. The van der Waals surface area contributed by atoms with E-state index in [2.05, 4.69) is 10.3 Å². The molecule has 0 saturated carbocycles. The minimum atomic E-state index is -0.117. The number of nitrogens with zero attached hydrogens (tertiary/aromatic N) is 4. The van der Waals surface area contributed by atoms with Gasteiger partial charge in [-0.15, -0.1) is 0 Å². The second-order valence-corrected chi connectivity index (χ2v) is 1.69. The fourth-order valence-corrected chi connectivity index (χ4v) is 0.247. The Morgan fingerprint density at radius 3 is 2.60 bits per heavy atom. The van der Waals surface area contributed by atoms with Crippen LogP contribution in [0.15, 0.2) is 10.3 Å². The Hall–Kier alpha value is -1.57. The highest BCUT2D eigenvalue weighted by molar-refractivity contribution is 6.37. The fraction of sp³-hybridized carbons (Fsp3) is 0.400. The Labute approximate surface area is 58.9 Å². The van der Waals surface area contributed by atoms with Gasteiger partial charge in [-0.2, -0.15) is 10.4 Å². The first-order valence-corrected chi connectivity index (χ1v) is 2.54. The summed E-state index contributed by atoms with van der Waals surface area (Å²) < 4.78 is 0. The van der Waals surface area contributed by atoms with E-state index >= 15 is 0 Å². The van der Waals surface area contributed by atoms with Gasteiger partial charge in [0.25, 0.3) is 0 Å². The Morgan fingerprint density at radius 1 is 1.70 bits per heavy atom. The van der Waals surface area contributed by atoms with E-state index in [1.54, 1.807) is 20.2 Å². The smallest absolute Gasteiger partial charge is 0.199 e. The van der Waals surface area contributed by atoms with Crippen molar-refractivity contribution >= 4 is 11.9 Å². The molecule has 0 saturated heterocycles. The van der Waals surface area contributed by atoms with Crippen LogP contribution < -0.4 is 0 Å². The van der Waals surface area contributed by atoms with E-state index in [0.717, 1.165) is 0 Å². The average Bonchev–Trinajstić information content (AvgIpc) is 1.90. The summed E-state index contributed by atoms with van der Waals surface area (Å²) in [6, 6.07) is 1.63. The molecule has 0 spiro atoms. The summed E-state index contributed by atoms with van der Waals surface area (Å²) in [6.07, 6.45) is 1.17. The van der Waals surface area contributed by atoms with Crippen molar-refractivity contribution < 1.29 is 5.21 Å². The number of oxime groups is 1. The second-order valence-electron chi connectivity index (χ2n) is 1.69. The molecule has 1 N–H and O–H groups in total. The molecule has 0 bridgehead atoms. The first kappa shape index (κ1) is 8.43. The van der Waals surface area contributed by atoms with E-state index in [1.807, 2.05) is 0 Å². The van der Waals surface area contributed by atoms with Crippen LogP contribution in [0.2, 0.25) is 0 Å². The van der Waals surface area contributed by atoms with Gasteiger partial charge in [0.1, 0.15) is 6.07 Å². The Morgan fingerprint density at radius 2 is 2.30 bits per heavy atom. The molecule has 0 aromatic carbocycles. The summed E-state index contributed by atoms with van der Waals surface area (Å²) in [6.45, 7) is 0. The molecular formula is C5H8N4O. The molecule has 0 rings (SSSR count). The highest BCUT2D eigenvalue weighted by Gasteiger charge is 1.89. The van der Waals surface area contributed by atoms with Crippen molar-refractivity contribution in [1.82, 2.24) is 5.01 Å². The summed E-state index contributed by atoms with van der Waals surface area (Å²) in [5.74, 6) is 0. The predicted molar refractivity (Wildman–Crippen MR) is 37.0 cm³/mol. The largest absolute Gasteiger partial charge is 0.410 e. The van der Waals surface area contributed by atoms with Gasteiger partial charge in [-0.1, -0.05) is 5.16 Å².